The molecule has 2 rings (SSSR count). The monoisotopic (exact) mass is 241 g/mol. The van der Waals surface area contributed by atoms with Crippen LogP contribution < -0.4 is 5.73 Å². The minimum atomic E-state index is -0.199. The number of methoxy groups -OCH3 is 1. The molecule has 5 heteroatoms. The Morgan fingerprint density at radius 3 is 2.24 bits per heavy atom. The quantitative estimate of drug-likeness (QED) is 0.732. The Morgan fingerprint density at radius 1 is 1.12 bits per heavy atom. The average molecular weight is 241 g/mol. The normalized spacial score (nSPS) is 31.3. The van der Waals surface area contributed by atoms with Gasteiger partial charge < -0.3 is 15.4 Å². The van der Waals surface area contributed by atoms with E-state index in [-0.39, 0.29) is 6.09 Å². The fourth-order valence-electron chi connectivity index (χ4n) is 2.87. The summed E-state index contributed by atoms with van der Waals surface area (Å²) in [6, 6.07) is 1.08. The van der Waals surface area contributed by atoms with Gasteiger partial charge in [-0.3, -0.25) is 4.90 Å². The third-order valence-electron chi connectivity index (χ3n) is 4.00. The third kappa shape index (κ3) is 3.10. The molecule has 2 aliphatic rings. The van der Waals surface area contributed by atoms with Crippen LogP contribution in [-0.4, -0.2) is 61.3 Å². The van der Waals surface area contributed by atoms with Gasteiger partial charge >= 0.3 is 6.09 Å². The molecule has 1 heterocycles. The van der Waals surface area contributed by atoms with Crippen LogP contribution in [0.5, 0.6) is 0 Å². The van der Waals surface area contributed by atoms with E-state index >= 15 is 0 Å². The van der Waals surface area contributed by atoms with Crippen molar-refractivity contribution < 1.29 is 9.53 Å². The molecule has 17 heavy (non-hydrogen) atoms. The zero-order chi connectivity index (χ0) is 12.3. The number of carbonyl (C=O) groups is 1. The summed E-state index contributed by atoms with van der Waals surface area (Å²) in [7, 11) is 1.44. The van der Waals surface area contributed by atoms with Crippen LogP contribution in [-0.2, 0) is 4.74 Å². The molecule has 0 aromatic rings. The van der Waals surface area contributed by atoms with Gasteiger partial charge in [-0.1, -0.05) is 0 Å². The lowest BCUT2D eigenvalue weighted by Gasteiger charge is -2.41. The summed E-state index contributed by atoms with van der Waals surface area (Å²) in [4.78, 5) is 15.6. The van der Waals surface area contributed by atoms with Crippen molar-refractivity contribution in [3.8, 4) is 0 Å². The van der Waals surface area contributed by atoms with Gasteiger partial charge in [-0.25, -0.2) is 4.79 Å². The Bertz CT molecular complexity index is 256. The van der Waals surface area contributed by atoms with Crippen molar-refractivity contribution in [3.63, 3.8) is 0 Å². The lowest BCUT2D eigenvalue weighted by atomic mass is 9.90. The minimum Gasteiger partial charge on any atom is -0.453 e. The highest BCUT2D eigenvalue weighted by Gasteiger charge is 2.28. The molecular formula is C12H23N3O2. The average Bonchev–Trinajstić information content (AvgIpc) is 2.39. The Kier molecular flexibility index (Phi) is 4.23. The molecule has 0 bridgehead atoms. The van der Waals surface area contributed by atoms with Crippen molar-refractivity contribution in [2.75, 3.05) is 33.3 Å². The molecule has 0 spiro atoms. The van der Waals surface area contributed by atoms with E-state index in [9.17, 15) is 4.79 Å². The second-order valence-corrected chi connectivity index (χ2v) is 5.06. The Hall–Kier alpha value is -0.810. The molecule has 98 valence electrons. The Morgan fingerprint density at radius 2 is 1.71 bits per heavy atom. The topological polar surface area (TPSA) is 58.8 Å². The van der Waals surface area contributed by atoms with E-state index in [1.54, 1.807) is 4.90 Å². The van der Waals surface area contributed by atoms with Crippen molar-refractivity contribution >= 4 is 6.09 Å². The van der Waals surface area contributed by atoms with Crippen LogP contribution in [0.4, 0.5) is 4.79 Å². The SMILES string of the molecule is COC(=O)N1CCN([C@H]2CC[C@H](N)CC2)CC1. The van der Waals surface area contributed by atoms with E-state index in [1.165, 1.54) is 20.0 Å². The first-order valence-corrected chi connectivity index (χ1v) is 6.53. The van der Waals surface area contributed by atoms with Crippen molar-refractivity contribution in [1.82, 2.24) is 9.80 Å². The van der Waals surface area contributed by atoms with Gasteiger partial charge in [0.05, 0.1) is 7.11 Å². The van der Waals surface area contributed by atoms with Crippen molar-refractivity contribution in [2.24, 2.45) is 5.73 Å². The Labute approximate surface area is 103 Å². The van der Waals surface area contributed by atoms with E-state index in [1.807, 2.05) is 0 Å². The van der Waals surface area contributed by atoms with E-state index < -0.39 is 0 Å². The van der Waals surface area contributed by atoms with Crippen LogP contribution in [0.3, 0.4) is 0 Å². The molecular weight excluding hydrogens is 218 g/mol. The summed E-state index contributed by atoms with van der Waals surface area (Å²) < 4.78 is 4.74. The molecule has 5 nitrogen and oxygen atoms in total. The van der Waals surface area contributed by atoms with E-state index in [2.05, 4.69) is 4.90 Å². The minimum absolute atomic E-state index is 0.199. The van der Waals surface area contributed by atoms with E-state index in [0.29, 0.717) is 12.1 Å². The van der Waals surface area contributed by atoms with Crippen molar-refractivity contribution in [1.29, 1.82) is 0 Å². The first-order valence-electron chi connectivity index (χ1n) is 6.53. The van der Waals surface area contributed by atoms with Crippen LogP contribution in [0.25, 0.3) is 0 Å². The summed E-state index contributed by atoms with van der Waals surface area (Å²) in [6.45, 7) is 3.51. The molecule has 2 N–H and O–H groups in total. The second kappa shape index (κ2) is 5.69. The van der Waals surface area contributed by atoms with Gasteiger partial charge in [0.2, 0.25) is 0 Å². The maximum absolute atomic E-state index is 11.4. The highest BCUT2D eigenvalue weighted by Crippen LogP contribution is 2.23. The molecule has 0 atom stereocenters. The highest BCUT2D eigenvalue weighted by molar-refractivity contribution is 5.67. The summed E-state index contributed by atoms with van der Waals surface area (Å²) in [5, 5.41) is 0. The number of amides is 1. The number of hydrogen-bond acceptors (Lipinski definition) is 4. The number of nitrogens with two attached hydrogens (primary N) is 1. The molecule has 0 radical (unpaired) electrons. The van der Waals surface area contributed by atoms with Crippen LogP contribution in [0.2, 0.25) is 0 Å². The van der Waals surface area contributed by atoms with Crippen LogP contribution >= 0.6 is 0 Å². The number of piperazine rings is 1. The molecule has 1 aliphatic heterocycles. The first-order chi connectivity index (χ1) is 8.20. The van der Waals surface area contributed by atoms with Crippen molar-refractivity contribution in [3.05, 3.63) is 0 Å². The van der Waals surface area contributed by atoms with Gasteiger partial charge in [0, 0.05) is 38.3 Å². The van der Waals surface area contributed by atoms with E-state index in [4.69, 9.17) is 10.5 Å². The standard InChI is InChI=1S/C12H23N3O2/c1-17-12(16)15-8-6-14(7-9-15)11-4-2-10(13)3-5-11/h10-11H,2-9,13H2,1H3/t10-,11-. The summed E-state index contributed by atoms with van der Waals surface area (Å²) in [6.07, 6.45) is 4.50. The van der Waals surface area contributed by atoms with Crippen molar-refractivity contribution in [2.45, 2.75) is 37.8 Å². The fourth-order valence-corrected chi connectivity index (χ4v) is 2.87. The van der Waals surface area contributed by atoms with Gasteiger partial charge in [-0.05, 0) is 25.7 Å². The molecule has 1 saturated heterocycles. The lowest BCUT2D eigenvalue weighted by molar-refractivity contribution is 0.0636. The zero-order valence-corrected chi connectivity index (χ0v) is 10.6. The first kappa shape index (κ1) is 12.6. The van der Waals surface area contributed by atoms with Crippen LogP contribution in [0.15, 0.2) is 0 Å². The predicted octanol–water partition coefficient (Wildman–Crippen LogP) is 0.640. The van der Waals surface area contributed by atoms with Gasteiger partial charge in [-0.2, -0.15) is 0 Å². The van der Waals surface area contributed by atoms with Crippen LogP contribution in [0.1, 0.15) is 25.7 Å². The lowest BCUT2D eigenvalue weighted by Crippen LogP contribution is -2.53. The number of nitrogens with zero attached hydrogens (tertiary/aromatic N) is 2. The Balaban J connectivity index is 1.77. The largest absolute Gasteiger partial charge is 0.453 e. The number of carbonyl (C=O) groups excluding carboxylic acids is 1. The highest BCUT2D eigenvalue weighted by atomic mass is 16.5. The molecule has 2 fully saturated rings. The molecule has 1 aliphatic carbocycles. The summed E-state index contributed by atoms with van der Waals surface area (Å²) in [5.41, 5.74) is 5.92. The second-order valence-electron chi connectivity index (χ2n) is 5.06. The smallest absolute Gasteiger partial charge is 0.409 e. The number of rotatable bonds is 1. The van der Waals surface area contributed by atoms with Gasteiger partial charge in [0.1, 0.15) is 0 Å². The number of ether oxygens (including phenoxy) is 1. The van der Waals surface area contributed by atoms with Gasteiger partial charge in [-0.15, -0.1) is 0 Å². The predicted molar refractivity (Wildman–Crippen MR) is 65.8 cm³/mol. The molecule has 1 amide bonds. The maximum Gasteiger partial charge on any atom is 0.409 e. The van der Waals surface area contributed by atoms with Gasteiger partial charge in [0.25, 0.3) is 0 Å². The van der Waals surface area contributed by atoms with E-state index in [0.717, 1.165) is 39.0 Å². The molecule has 0 unspecified atom stereocenters. The summed E-state index contributed by atoms with van der Waals surface area (Å²) >= 11 is 0. The fraction of sp³-hybridized carbons (Fsp3) is 0.917. The maximum atomic E-state index is 11.4. The third-order valence-corrected chi connectivity index (χ3v) is 4.00. The zero-order valence-electron chi connectivity index (χ0n) is 10.6. The molecule has 0 aromatic carbocycles. The molecule has 1 saturated carbocycles. The van der Waals surface area contributed by atoms with Crippen LogP contribution in [0, 0.1) is 0 Å². The molecule has 0 aromatic heterocycles. The summed E-state index contributed by atoms with van der Waals surface area (Å²) in [5.74, 6) is 0. The number of hydrogen-bond donors (Lipinski definition) is 1. The van der Waals surface area contributed by atoms with Gasteiger partial charge in [0.15, 0.2) is 0 Å².